The van der Waals surface area contributed by atoms with Gasteiger partial charge in [0.25, 0.3) is 5.91 Å². The van der Waals surface area contributed by atoms with Crippen LogP contribution in [-0.4, -0.2) is 63.6 Å². The van der Waals surface area contributed by atoms with Gasteiger partial charge in [0.2, 0.25) is 0 Å². The van der Waals surface area contributed by atoms with Crippen LogP contribution in [0.15, 0.2) is 18.2 Å². The van der Waals surface area contributed by atoms with Gasteiger partial charge in [0.1, 0.15) is 17.1 Å². The number of aromatic hydroxyl groups is 2. The summed E-state index contributed by atoms with van der Waals surface area (Å²) in [7, 11) is 0. The van der Waals surface area contributed by atoms with E-state index >= 15 is 0 Å². The van der Waals surface area contributed by atoms with Crippen LogP contribution in [0.25, 0.3) is 0 Å². The molecule has 4 N–H and O–H groups in total. The molecule has 0 atom stereocenters. The van der Waals surface area contributed by atoms with Gasteiger partial charge in [-0.3, -0.25) is 9.69 Å². The Balaban J connectivity index is 2.04. The standard InChI is InChI=1S/C13H17N3O3S/c14-11(20)8-15-4-6-16(7-5-15)13(19)12-9(17)2-1-3-10(12)18/h1-3,17-18H,4-8H2,(H2,14,20). The topological polar surface area (TPSA) is 90.0 Å². The molecule has 1 fully saturated rings. The highest BCUT2D eigenvalue weighted by Gasteiger charge is 2.26. The first-order valence-electron chi connectivity index (χ1n) is 6.30. The van der Waals surface area contributed by atoms with Gasteiger partial charge >= 0.3 is 0 Å². The molecule has 1 heterocycles. The van der Waals surface area contributed by atoms with E-state index in [-0.39, 0.29) is 23.0 Å². The van der Waals surface area contributed by atoms with Crippen LogP contribution in [0.2, 0.25) is 0 Å². The minimum absolute atomic E-state index is 0.0460. The second-order valence-corrected chi connectivity index (χ2v) is 5.23. The quantitative estimate of drug-likeness (QED) is 0.687. The Labute approximate surface area is 122 Å². The Bertz CT molecular complexity index is 507. The predicted molar refractivity (Wildman–Crippen MR) is 78.9 cm³/mol. The monoisotopic (exact) mass is 295 g/mol. The highest BCUT2D eigenvalue weighted by Crippen LogP contribution is 2.27. The van der Waals surface area contributed by atoms with E-state index < -0.39 is 0 Å². The van der Waals surface area contributed by atoms with Crippen LogP contribution in [0.5, 0.6) is 11.5 Å². The summed E-state index contributed by atoms with van der Waals surface area (Å²) >= 11 is 4.86. The lowest BCUT2D eigenvalue weighted by atomic mass is 10.1. The molecule has 0 spiro atoms. The second kappa shape index (κ2) is 6.06. The van der Waals surface area contributed by atoms with Gasteiger partial charge in [-0.05, 0) is 12.1 Å². The van der Waals surface area contributed by atoms with Crippen LogP contribution in [0.3, 0.4) is 0 Å². The van der Waals surface area contributed by atoms with E-state index in [0.29, 0.717) is 37.7 Å². The lowest BCUT2D eigenvalue weighted by Crippen LogP contribution is -2.50. The number of carbonyl (C=O) groups is 1. The fourth-order valence-electron chi connectivity index (χ4n) is 2.23. The van der Waals surface area contributed by atoms with Crippen molar-refractivity contribution in [2.45, 2.75) is 0 Å². The van der Waals surface area contributed by atoms with Crippen LogP contribution in [0.1, 0.15) is 10.4 Å². The van der Waals surface area contributed by atoms with Crippen molar-refractivity contribution < 1.29 is 15.0 Å². The van der Waals surface area contributed by atoms with E-state index in [0.717, 1.165) is 0 Å². The Kier molecular flexibility index (Phi) is 4.41. The summed E-state index contributed by atoms with van der Waals surface area (Å²) in [5.41, 5.74) is 5.45. The maximum atomic E-state index is 12.3. The summed E-state index contributed by atoms with van der Waals surface area (Å²) < 4.78 is 0. The molecule has 108 valence electrons. The molecule has 0 saturated carbocycles. The summed E-state index contributed by atoms with van der Waals surface area (Å²) in [6.45, 7) is 2.89. The van der Waals surface area contributed by atoms with Crippen molar-refractivity contribution in [2.75, 3.05) is 32.7 Å². The summed E-state index contributed by atoms with van der Waals surface area (Å²) in [5.74, 6) is -0.781. The van der Waals surface area contributed by atoms with E-state index in [1.165, 1.54) is 18.2 Å². The maximum Gasteiger partial charge on any atom is 0.261 e. The predicted octanol–water partition coefficient (Wildman–Crippen LogP) is 0.142. The molecule has 7 heteroatoms. The highest BCUT2D eigenvalue weighted by atomic mass is 32.1. The third-order valence-electron chi connectivity index (χ3n) is 3.27. The molecule has 6 nitrogen and oxygen atoms in total. The molecule has 0 aliphatic carbocycles. The minimum Gasteiger partial charge on any atom is -0.507 e. The lowest BCUT2D eigenvalue weighted by molar-refractivity contribution is 0.0648. The summed E-state index contributed by atoms with van der Waals surface area (Å²) in [6, 6.07) is 4.26. The SMILES string of the molecule is NC(=S)CN1CCN(C(=O)c2c(O)cccc2O)CC1. The van der Waals surface area contributed by atoms with Crippen molar-refractivity contribution in [3.8, 4) is 11.5 Å². The third-order valence-corrected chi connectivity index (χ3v) is 3.40. The van der Waals surface area contributed by atoms with Gasteiger partial charge < -0.3 is 20.8 Å². The number of phenols is 2. The first kappa shape index (κ1) is 14.5. The number of benzene rings is 1. The number of nitrogens with two attached hydrogens (primary N) is 1. The Morgan fingerprint density at radius 2 is 1.75 bits per heavy atom. The zero-order chi connectivity index (χ0) is 14.7. The fraction of sp³-hybridized carbons (Fsp3) is 0.385. The van der Waals surface area contributed by atoms with Crippen LogP contribution in [0.4, 0.5) is 0 Å². The number of thiocarbonyl (C=S) groups is 1. The van der Waals surface area contributed by atoms with Crippen molar-refractivity contribution in [3.05, 3.63) is 23.8 Å². The third kappa shape index (κ3) is 3.17. The smallest absolute Gasteiger partial charge is 0.261 e. The van der Waals surface area contributed by atoms with Crippen molar-refractivity contribution >= 4 is 23.1 Å². The Hall–Kier alpha value is -1.86. The first-order chi connectivity index (χ1) is 9.49. The molecule has 0 bridgehead atoms. The number of piperazine rings is 1. The molecule has 20 heavy (non-hydrogen) atoms. The van der Waals surface area contributed by atoms with E-state index in [4.69, 9.17) is 18.0 Å². The fourth-order valence-corrected chi connectivity index (χ4v) is 2.42. The normalized spacial score (nSPS) is 16.1. The van der Waals surface area contributed by atoms with Crippen molar-refractivity contribution in [1.82, 2.24) is 9.80 Å². The number of rotatable bonds is 3. The molecule has 2 rings (SSSR count). The molecule has 0 aromatic heterocycles. The van der Waals surface area contributed by atoms with Gasteiger partial charge in [0.15, 0.2) is 0 Å². The van der Waals surface area contributed by atoms with E-state index in [2.05, 4.69) is 4.90 Å². The molecular weight excluding hydrogens is 278 g/mol. The summed E-state index contributed by atoms with van der Waals surface area (Å²) in [4.78, 5) is 16.4. The summed E-state index contributed by atoms with van der Waals surface area (Å²) in [6.07, 6.45) is 0. The molecule has 1 saturated heterocycles. The highest BCUT2D eigenvalue weighted by molar-refractivity contribution is 7.80. The number of hydrogen-bond donors (Lipinski definition) is 3. The van der Waals surface area contributed by atoms with Crippen molar-refractivity contribution in [3.63, 3.8) is 0 Å². The summed E-state index contributed by atoms with van der Waals surface area (Å²) in [5, 5.41) is 19.4. The molecule has 1 aromatic carbocycles. The first-order valence-corrected chi connectivity index (χ1v) is 6.70. The van der Waals surface area contributed by atoms with Crippen LogP contribution >= 0.6 is 12.2 Å². The van der Waals surface area contributed by atoms with E-state index in [1.807, 2.05) is 0 Å². The molecular formula is C13H17N3O3S. The average Bonchev–Trinajstić information content (AvgIpc) is 2.38. The van der Waals surface area contributed by atoms with Gasteiger partial charge in [0, 0.05) is 32.7 Å². The van der Waals surface area contributed by atoms with Gasteiger partial charge in [0.05, 0.1) is 4.99 Å². The zero-order valence-corrected chi connectivity index (χ0v) is 11.8. The molecule has 1 aliphatic rings. The van der Waals surface area contributed by atoms with Gasteiger partial charge in [-0.25, -0.2) is 0 Å². The van der Waals surface area contributed by atoms with E-state index in [9.17, 15) is 15.0 Å². The average molecular weight is 295 g/mol. The lowest BCUT2D eigenvalue weighted by Gasteiger charge is -2.34. The van der Waals surface area contributed by atoms with Crippen molar-refractivity contribution in [2.24, 2.45) is 5.73 Å². The Morgan fingerprint density at radius 3 is 2.25 bits per heavy atom. The number of hydrogen-bond acceptors (Lipinski definition) is 5. The van der Waals surface area contributed by atoms with Crippen LogP contribution in [-0.2, 0) is 0 Å². The maximum absolute atomic E-state index is 12.3. The number of phenolic OH excluding ortho intramolecular Hbond substituents is 2. The van der Waals surface area contributed by atoms with Gasteiger partial charge in [-0.2, -0.15) is 0 Å². The second-order valence-electron chi connectivity index (χ2n) is 4.71. The molecule has 0 unspecified atom stereocenters. The van der Waals surface area contributed by atoms with Gasteiger partial charge in [-0.15, -0.1) is 0 Å². The molecule has 1 amide bonds. The molecule has 0 radical (unpaired) electrons. The van der Waals surface area contributed by atoms with Crippen LogP contribution < -0.4 is 5.73 Å². The zero-order valence-electron chi connectivity index (χ0n) is 11.0. The number of amides is 1. The minimum atomic E-state index is -0.365. The van der Waals surface area contributed by atoms with Gasteiger partial charge in [-0.1, -0.05) is 18.3 Å². The largest absolute Gasteiger partial charge is 0.507 e. The van der Waals surface area contributed by atoms with E-state index in [1.54, 1.807) is 4.90 Å². The number of carbonyl (C=O) groups excluding carboxylic acids is 1. The van der Waals surface area contributed by atoms with Crippen LogP contribution in [0, 0.1) is 0 Å². The number of nitrogens with zero attached hydrogens (tertiary/aromatic N) is 2. The molecule has 1 aliphatic heterocycles. The van der Waals surface area contributed by atoms with Crippen molar-refractivity contribution in [1.29, 1.82) is 0 Å². The Morgan fingerprint density at radius 1 is 1.20 bits per heavy atom. The molecule has 1 aromatic rings.